The third-order valence-corrected chi connectivity index (χ3v) is 7.58. The lowest BCUT2D eigenvalue weighted by atomic mass is 9.81. The van der Waals surface area contributed by atoms with E-state index in [9.17, 15) is 22.3 Å². The highest BCUT2D eigenvalue weighted by molar-refractivity contribution is 7.92. The van der Waals surface area contributed by atoms with Crippen LogP contribution in [0.4, 0.5) is 8.78 Å². The first-order valence-corrected chi connectivity index (χ1v) is 9.69. The standard InChI is InChI=1S/C19H20F2O3S/c1-13-2-5-16(6-3-13)25(23,24)19(10-8-15(22)9-11-19)17-12-14(20)4-7-18(17)21/h2-7,12,15,22H,8-11H2,1H3. The molecule has 6 heteroatoms. The molecule has 0 saturated heterocycles. The van der Waals surface area contributed by atoms with Crippen LogP contribution in [0, 0.1) is 18.6 Å². The van der Waals surface area contributed by atoms with Crippen molar-refractivity contribution in [3.63, 3.8) is 0 Å². The van der Waals surface area contributed by atoms with Gasteiger partial charge in [0.15, 0.2) is 9.84 Å². The molecule has 1 saturated carbocycles. The summed E-state index contributed by atoms with van der Waals surface area (Å²) in [5.41, 5.74) is 0.754. The molecule has 1 fully saturated rings. The number of benzene rings is 2. The molecule has 1 N–H and O–H groups in total. The molecule has 0 amide bonds. The highest BCUT2D eigenvalue weighted by Gasteiger charge is 2.49. The average Bonchev–Trinajstić information content (AvgIpc) is 2.58. The summed E-state index contributed by atoms with van der Waals surface area (Å²) in [6.45, 7) is 1.84. The summed E-state index contributed by atoms with van der Waals surface area (Å²) in [5.74, 6) is -1.42. The topological polar surface area (TPSA) is 54.4 Å². The van der Waals surface area contributed by atoms with Crippen LogP contribution in [0.1, 0.15) is 36.8 Å². The number of rotatable bonds is 3. The van der Waals surface area contributed by atoms with Gasteiger partial charge < -0.3 is 5.11 Å². The fourth-order valence-corrected chi connectivity index (χ4v) is 5.71. The molecule has 0 heterocycles. The predicted octanol–water partition coefficient (Wildman–Crippen LogP) is 3.88. The Morgan fingerprint density at radius 2 is 1.64 bits per heavy atom. The van der Waals surface area contributed by atoms with Gasteiger partial charge in [-0.3, -0.25) is 0 Å². The van der Waals surface area contributed by atoms with Gasteiger partial charge in [-0.2, -0.15) is 0 Å². The molecule has 1 aliphatic rings. The molecule has 2 aromatic carbocycles. The van der Waals surface area contributed by atoms with Gasteiger partial charge in [0.1, 0.15) is 16.4 Å². The lowest BCUT2D eigenvalue weighted by Crippen LogP contribution is -2.41. The quantitative estimate of drug-likeness (QED) is 0.897. The highest BCUT2D eigenvalue weighted by Crippen LogP contribution is 2.47. The second-order valence-electron chi connectivity index (χ2n) is 6.67. The molecule has 0 spiro atoms. The zero-order chi connectivity index (χ0) is 18.2. The second-order valence-corrected chi connectivity index (χ2v) is 8.93. The molecule has 3 rings (SSSR count). The summed E-state index contributed by atoms with van der Waals surface area (Å²) in [7, 11) is -3.97. The Morgan fingerprint density at radius 1 is 1.04 bits per heavy atom. The summed E-state index contributed by atoms with van der Waals surface area (Å²) >= 11 is 0. The Labute approximate surface area is 146 Å². The summed E-state index contributed by atoms with van der Waals surface area (Å²) in [5, 5.41) is 9.82. The van der Waals surface area contributed by atoms with Crippen LogP contribution in [0.3, 0.4) is 0 Å². The van der Waals surface area contributed by atoms with Crippen molar-refractivity contribution in [1.29, 1.82) is 0 Å². The van der Waals surface area contributed by atoms with Crippen molar-refractivity contribution in [2.24, 2.45) is 0 Å². The molecule has 25 heavy (non-hydrogen) atoms. The van der Waals surface area contributed by atoms with E-state index in [1.807, 2.05) is 6.92 Å². The molecule has 0 unspecified atom stereocenters. The van der Waals surface area contributed by atoms with E-state index in [0.717, 1.165) is 23.8 Å². The van der Waals surface area contributed by atoms with E-state index in [-0.39, 0.29) is 36.1 Å². The Kier molecular flexibility index (Phi) is 4.68. The maximum Gasteiger partial charge on any atom is 0.188 e. The second kappa shape index (κ2) is 6.50. The fraction of sp³-hybridized carbons (Fsp3) is 0.368. The van der Waals surface area contributed by atoms with Gasteiger partial charge in [0.25, 0.3) is 0 Å². The Bertz CT molecular complexity index is 868. The molecule has 3 nitrogen and oxygen atoms in total. The number of halogens is 2. The SMILES string of the molecule is Cc1ccc(S(=O)(=O)C2(c3cc(F)ccc3F)CCC(O)CC2)cc1. The van der Waals surface area contributed by atoms with Crippen molar-refractivity contribution in [3.05, 3.63) is 65.2 Å². The van der Waals surface area contributed by atoms with E-state index < -0.39 is 32.3 Å². The normalized spacial score (nSPS) is 24.2. The summed E-state index contributed by atoms with van der Waals surface area (Å²) < 4.78 is 53.6. The van der Waals surface area contributed by atoms with Crippen molar-refractivity contribution >= 4 is 9.84 Å². The first-order valence-electron chi connectivity index (χ1n) is 8.21. The minimum atomic E-state index is -3.97. The van der Waals surface area contributed by atoms with Crippen LogP contribution in [-0.4, -0.2) is 19.6 Å². The van der Waals surface area contributed by atoms with Crippen LogP contribution in [0.25, 0.3) is 0 Å². The van der Waals surface area contributed by atoms with Crippen LogP contribution in [0.15, 0.2) is 47.4 Å². The maximum absolute atomic E-state index is 14.5. The number of hydrogen-bond donors (Lipinski definition) is 1. The molecule has 0 aliphatic heterocycles. The van der Waals surface area contributed by atoms with Crippen molar-refractivity contribution in [3.8, 4) is 0 Å². The van der Waals surface area contributed by atoms with E-state index in [4.69, 9.17) is 0 Å². The number of aliphatic hydroxyl groups is 1. The first kappa shape index (κ1) is 18.0. The lowest BCUT2D eigenvalue weighted by Gasteiger charge is -2.39. The molecule has 0 atom stereocenters. The molecule has 1 aliphatic carbocycles. The van der Waals surface area contributed by atoms with E-state index >= 15 is 0 Å². The van der Waals surface area contributed by atoms with Crippen molar-refractivity contribution in [2.45, 2.75) is 48.4 Å². The van der Waals surface area contributed by atoms with E-state index in [1.54, 1.807) is 12.1 Å². The fourth-order valence-electron chi connectivity index (χ4n) is 3.54. The summed E-state index contributed by atoms with van der Waals surface area (Å²) in [4.78, 5) is 0.0816. The van der Waals surface area contributed by atoms with Gasteiger partial charge in [-0.15, -0.1) is 0 Å². The number of aliphatic hydroxyl groups excluding tert-OH is 1. The van der Waals surface area contributed by atoms with Crippen LogP contribution in [-0.2, 0) is 14.6 Å². The largest absolute Gasteiger partial charge is 0.393 e. The van der Waals surface area contributed by atoms with Crippen LogP contribution in [0.2, 0.25) is 0 Å². The lowest BCUT2D eigenvalue weighted by molar-refractivity contribution is 0.113. The number of hydrogen-bond acceptors (Lipinski definition) is 3. The molecule has 2 aromatic rings. The third kappa shape index (κ3) is 3.09. The van der Waals surface area contributed by atoms with Gasteiger partial charge in [-0.1, -0.05) is 17.7 Å². The van der Waals surface area contributed by atoms with Gasteiger partial charge in [-0.25, -0.2) is 17.2 Å². The van der Waals surface area contributed by atoms with E-state index in [0.29, 0.717) is 0 Å². The highest BCUT2D eigenvalue weighted by atomic mass is 32.2. The van der Waals surface area contributed by atoms with Crippen molar-refractivity contribution < 1.29 is 22.3 Å². The molecule has 0 aromatic heterocycles. The average molecular weight is 366 g/mol. The van der Waals surface area contributed by atoms with Gasteiger partial charge in [0.2, 0.25) is 0 Å². The predicted molar refractivity (Wildman–Crippen MR) is 90.9 cm³/mol. The Balaban J connectivity index is 2.21. The molecular formula is C19H20F2O3S. The monoisotopic (exact) mass is 366 g/mol. The van der Waals surface area contributed by atoms with Gasteiger partial charge >= 0.3 is 0 Å². The van der Waals surface area contributed by atoms with Gasteiger partial charge in [-0.05, 0) is 62.9 Å². The summed E-state index contributed by atoms with van der Waals surface area (Å²) in [6.07, 6.45) is -0.0876. The molecule has 0 radical (unpaired) electrons. The van der Waals surface area contributed by atoms with Crippen molar-refractivity contribution in [1.82, 2.24) is 0 Å². The number of aryl methyl sites for hydroxylation is 1. The Morgan fingerprint density at radius 3 is 2.24 bits per heavy atom. The zero-order valence-corrected chi connectivity index (χ0v) is 14.7. The maximum atomic E-state index is 14.5. The van der Waals surface area contributed by atoms with Crippen LogP contribution >= 0.6 is 0 Å². The van der Waals surface area contributed by atoms with E-state index in [1.165, 1.54) is 12.1 Å². The minimum absolute atomic E-state index is 0.0464. The molecular weight excluding hydrogens is 346 g/mol. The molecule has 0 bridgehead atoms. The van der Waals surface area contributed by atoms with E-state index in [2.05, 4.69) is 0 Å². The molecule has 134 valence electrons. The number of sulfone groups is 1. The smallest absolute Gasteiger partial charge is 0.188 e. The Hall–Kier alpha value is -1.79. The van der Waals surface area contributed by atoms with Crippen LogP contribution < -0.4 is 0 Å². The third-order valence-electron chi connectivity index (χ3n) is 5.03. The van der Waals surface area contributed by atoms with Gasteiger partial charge in [0, 0.05) is 5.56 Å². The first-order chi connectivity index (χ1) is 11.8. The zero-order valence-electron chi connectivity index (χ0n) is 13.9. The van der Waals surface area contributed by atoms with Gasteiger partial charge in [0.05, 0.1) is 11.0 Å². The van der Waals surface area contributed by atoms with Crippen molar-refractivity contribution in [2.75, 3.05) is 0 Å². The minimum Gasteiger partial charge on any atom is -0.393 e. The summed E-state index contributed by atoms with van der Waals surface area (Å²) in [6, 6.07) is 9.26. The van der Waals surface area contributed by atoms with Crippen LogP contribution in [0.5, 0.6) is 0 Å².